The van der Waals surface area contributed by atoms with Crippen LogP contribution in [0.15, 0.2) is 18.2 Å². The van der Waals surface area contributed by atoms with Crippen molar-refractivity contribution in [2.75, 3.05) is 31.2 Å². The Morgan fingerprint density at radius 3 is 2.89 bits per heavy atom. The Morgan fingerprint density at radius 2 is 2.11 bits per heavy atom. The Kier molecular flexibility index (Phi) is 3.52. The van der Waals surface area contributed by atoms with E-state index in [0.29, 0.717) is 6.54 Å². The van der Waals surface area contributed by atoms with E-state index in [-0.39, 0.29) is 0 Å². The van der Waals surface area contributed by atoms with Gasteiger partial charge in [-0.1, -0.05) is 12.1 Å². The molecule has 2 N–H and O–H groups in total. The molecule has 0 bridgehead atoms. The summed E-state index contributed by atoms with van der Waals surface area (Å²) in [6, 6.07) is 6.70. The molecule has 98 valence electrons. The molecule has 0 aromatic heterocycles. The maximum Gasteiger partial charge on any atom is 0.0469 e. The van der Waals surface area contributed by atoms with Crippen LogP contribution < -0.4 is 10.6 Å². The van der Waals surface area contributed by atoms with E-state index in [1.807, 2.05) is 0 Å². The highest BCUT2D eigenvalue weighted by Crippen LogP contribution is 2.30. The number of hydrogen-bond acceptors (Lipinski definition) is 3. The van der Waals surface area contributed by atoms with Crippen LogP contribution >= 0.6 is 0 Å². The molecule has 0 amide bonds. The van der Waals surface area contributed by atoms with Gasteiger partial charge in [0.2, 0.25) is 0 Å². The number of hydrogen-bond donors (Lipinski definition) is 1. The Bertz CT molecular complexity index is 413. The van der Waals surface area contributed by atoms with Crippen molar-refractivity contribution < 1.29 is 4.74 Å². The quantitative estimate of drug-likeness (QED) is 0.885. The summed E-state index contributed by atoms with van der Waals surface area (Å²) in [5, 5.41) is 0. The summed E-state index contributed by atoms with van der Waals surface area (Å²) >= 11 is 0. The predicted molar refractivity (Wildman–Crippen MR) is 73.8 cm³/mol. The number of rotatable bonds is 3. The molecule has 1 saturated heterocycles. The van der Waals surface area contributed by atoms with E-state index >= 15 is 0 Å². The van der Waals surface area contributed by atoms with Gasteiger partial charge in [0.05, 0.1) is 0 Å². The van der Waals surface area contributed by atoms with Gasteiger partial charge in [-0.3, -0.25) is 0 Å². The fourth-order valence-electron chi connectivity index (χ4n) is 3.08. The first kappa shape index (κ1) is 12.0. The molecule has 0 atom stereocenters. The summed E-state index contributed by atoms with van der Waals surface area (Å²) < 4.78 is 5.43. The van der Waals surface area contributed by atoms with Crippen LogP contribution in [0.3, 0.4) is 0 Å². The Labute approximate surface area is 109 Å². The number of ether oxygens (including phenoxy) is 1. The van der Waals surface area contributed by atoms with Crippen LogP contribution in [0.5, 0.6) is 0 Å². The normalized spacial score (nSPS) is 20.2. The van der Waals surface area contributed by atoms with Gasteiger partial charge in [-0.25, -0.2) is 0 Å². The summed E-state index contributed by atoms with van der Waals surface area (Å²) in [5.74, 6) is 0.805. The van der Waals surface area contributed by atoms with Crippen molar-refractivity contribution in [3.63, 3.8) is 0 Å². The molecule has 3 rings (SSSR count). The van der Waals surface area contributed by atoms with Gasteiger partial charge in [0.1, 0.15) is 0 Å². The molecule has 2 aliphatic heterocycles. The fourth-order valence-corrected chi connectivity index (χ4v) is 3.08. The lowest BCUT2D eigenvalue weighted by atomic mass is 9.99. The second kappa shape index (κ2) is 5.29. The maximum absolute atomic E-state index is 5.70. The van der Waals surface area contributed by atoms with Gasteiger partial charge in [-0.15, -0.1) is 0 Å². The van der Waals surface area contributed by atoms with E-state index in [0.717, 1.165) is 19.1 Å². The molecule has 3 heteroatoms. The monoisotopic (exact) mass is 246 g/mol. The van der Waals surface area contributed by atoms with Crippen LogP contribution in [-0.2, 0) is 17.7 Å². The molecule has 1 aromatic rings. The van der Waals surface area contributed by atoms with Crippen molar-refractivity contribution in [1.29, 1.82) is 0 Å². The zero-order valence-electron chi connectivity index (χ0n) is 10.9. The number of benzene rings is 1. The number of anilines is 1. The molecule has 18 heavy (non-hydrogen) atoms. The topological polar surface area (TPSA) is 38.5 Å². The Morgan fingerprint density at radius 1 is 1.28 bits per heavy atom. The zero-order valence-corrected chi connectivity index (χ0v) is 10.9. The van der Waals surface area contributed by atoms with Crippen LogP contribution in [-0.4, -0.2) is 26.3 Å². The molecular formula is C15H22N2O. The molecule has 2 heterocycles. The Balaban J connectivity index is 1.70. The smallest absolute Gasteiger partial charge is 0.0469 e. The summed E-state index contributed by atoms with van der Waals surface area (Å²) in [5.41, 5.74) is 9.86. The highest BCUT2D eigenvalue weighted by atomic mass is 16.5. The van der Waals surface area contributed by atoms with Crippen LogP contribution in [0.1, 0.15) is 24.0 Å². The average Bonchev–Trinajstić information content (AvgIpc) is 2.82. The first-order valence-electron chi connectivity index (χ1n) is 7.01. The minimum absolute atomic E-state index is 0.646. The van der Waals surface area contributed by atoms with Gasteiger partial charge < -0.3 is 15.4 Å². The lowest BCUT2D eigenvalue weighted by Gasteiger charge is -2.28. The standard InChI is InChI=1S/C15H22N2O/c16-10-13-1-2-15-14(9-13)3-6-17(15)11-12-4-7-18-8-5-12/h1-2,9,12H,3-8,10-11,16H2. The zero-order chi connectivity index (χ0) is 12.4. The second-order valence-electron chi connectivity index (χ2n) is 5.42. The minimum atomic E-state index is 0.646. The molecule has 3 nitrogen and oxygen atoms in total. The summed E-state index contributed by atoms with van der Waals surface area (Å²) in [6.07, 6.45) is 3.60. The molecule has 0 aliphatic carbocycles. The lowest BCUT2D eigenvalue weighted by Crippen LogP contribution is -2.31. The predicted octanol–water partition coefficient (Wildman–Crippen LogP) is 1.93. The first-order chi connectivity index (χ1) is 8.86. The van der Waals surface area contributed by atoms with Crippen LogP contribution in [0.2, 0.25) is 0 Å². The summed E-state index contributed by atoms with van der Waals surface area (Å²) in [7, 11) is 0. The molecule has 0 radical (unpaired) electrons. The van der Waals surface area contributed by atoms with E-state index in [9.17, 15) is 0 Å². The number of fused-ring (bicyclic) bond motifs is 1. The van der Waals surface area contributed by atoms with Gasteiger partial charge in [0.15, 0.2) is 0 Å². The van der Waals surface area contributed by atoms with Crippen molar-refractivity contribution in [3.8, 4) is 0 Å². The third-order valence-corrected chi connectivity index (χ3v) is 4.19. The molecule has 0 unspecified atom stereocenters. The number of nitrogens with zero attached hydrogens (tertiary/aromatic N) is 1. The fraction of sp³-hybridized carbons (Fsp3) is 0.600. The highest BCUT2D eigenvalue weighted by Gasteiger charge is 2.23. The molecule has 1 fully saturated rings. The third-order valence-electron chi connectivity index (χ3n) is 4.19. The van der Waals surface area contributed by atoms with Crippen molar-refractivity contribution in [3.05, 3.63) is 29.3 Å². The molecule has 0 spiro atoms. The average molecular weight is 246 g/mol. The van der Waals surface area contributed by atoms with Crippen LogP contribution in [0.25, 0.3) is 0 Å². The van der Waals surface area contributed by atoms with E-state index in [4.69, 9.17) is 10.5 Å². The SMILES string of the molecule is NCc1ccc2c(c1)CCN2CC1CCOCC1. The number of nitrogens with two attached hydrogens (primary N) is 1. The van der Waals surface area contributed by atoms with Gasteiger partial charge in [0.25, 0.3) is 0 Å². The molecule has 2 aliphatic rings. The van der Waals surface area contributed by atoms with Gasteiger partial charge >= 0.3 is 0 Å². The van der Waals surface area contributed by atoms with Crippen molar-refractivity contribution >= 4 is 5.69 Å². The van der Waals surface area contributed by atoms with Crippen LogP contribution in [0, 0.1) is 5.92 Å². The van der Waals surface area contributed by atoms with Crippen molar-refractivity contribution in [1.82, 2.24) is 0 Å². The van der Waals surface area contributed by atoms with E-state index in [1.165, 1.54) is 49.2 Å². The minimum Gasteiger partial charge on any atom is -0.381 e. The molecule has 1 aromatic carbocycles. The highest BCUT2D eigenvalue weighted by molar-refractivity contribution is 5.59. The van der Waals surface area contributed by atoms with Gasteiger partial charge in [-0.2, -0.15) is 0 Å². The van der Waals surface area contributed by atoms with E-state index in [1.54, 1.807) is 0 Å². The Hall–Kier alpha value is -1.06. The lowest BCUT2D eigenvalue weighted by molar-refractivity contribution is 0.0683. The van der Waals surface area contributed by atoms with Crippen LogP contribution in [0.4, 0.5) is 5.69 Å². The first-order valence-corrected chi connectivity index (χ1v) is 7.01. The largest absolute Gasteiger partial charge is 0.381 e. The van der Waals surface area contributed by atoms with Crippen molar-refractivity contribution in [2.24, 2.45) is 11.7 Å². The summed E-state index contributed by atoms with van der Waals surface area (Å²) in [6.45, 7) is 4.89. The second-order valence-corrected chi connectivity index (χ2v) is 5.42. The maximum atomic E-state index is 5.70. The van der Waals surface area contributed by atoms with Crippen molar-refractivity contribution in [2.45, 2.75) is 25.8 Å². The van der Waals surface area contributed by atoms with Gasteiger partial charge in [0, 0.05) is 38.5 Å². The van der Waals surface area contributed by atoms with E-state index < -0.39 is 0 Å². The summed E-state index contributed by atoms with van der Waals surface area (Å²) in [4.78, 5) is 2.55. The third kappa shape index (κ3) is 2.38. The van der Waals surface area contributed by atoms with E-state index in [2.05, 4.69) is 23.1 Å². The van der Waals surface area contributed by atoms with Gasteiger partial charge in [-0.05, 0) is 42.4 Å². The molecule has 0 saturated carbocycles. The molecular weight excluding hydrogens is 224 g/mol.